The molecule has 1 aromatic rings. The molecule has 0 amide bonds. The second-order valence-corrected chi connectivity index (χ2v) is 5.10. The first-order valence-corrected chi connectivity index (χ1v) is 6.53. The van der Waals surface area contributed by atoms with E-state index in [1.54, 1.807) is 6.92 Å². The van der Waals surface area contributed by atoms with Gasteiger partial charge in [0.15, 0.2) is 0 Å². The lowest BCUT2D eigenvalue weighted by atomic mass is 10.2. The normalized spacial score (nSPS) is 9.63. The minimum absolute atomic E-state index is 0.211. The number of nitrogens with one attached hydrogen (secondary N) is 1. The van der Waals surface area contributed by atoms with Crippen LogP contribution >= 0.6 is 12.2 Å². The van der Waals surface area contributed by atoms with Crippen molar-refractivity contribution in [3.63, 3.8) is 0 Å². The van der Waals surface area contributed by atoms with Gasteiger partial charge in [-0.2, -0.15) is 0 Å². The van der Waals surface area contributed by atoms with Gasteiger partial charge in [-0.05, 0) is 26.3 Å². The van der Waals surface area contributed by atoms with Gasteiger partial charge in [-0.3, -0.25) is 4.79 Å². The maximum atomic E-state index is 11.8. The van der Waals surface area contributed by atoms with Gasteiger partial charge in [-0.1, -0.05) is 48.1 Å². The van der Waals surface area contributed by atoms with E-state index in [1.807, 2.05) is 44.2 Å². The summed E-state index contributed by atoms with van der Waals surface area (Å²) in [6, 6.07) is 9.62. The first kappa shape index (κ1) is 15.4. The Morgan fingerprint density at radius 3 is 2.37 bits per heavy atom. The SMILES string of the molecule is CC(=S)NC(CC(=O)OCc1ccccc1)=C(C)C. The average molecular weight is 277 g/mol. The van der Waals surface area contributed by atoms with Crippen molar-refractivity contribution in [3.05, 3.63) is 47.2 Å². The lowest BCUT2D eigenvalue weighted by molar-refractivity contribution is -0.144. The van der Waals surface area contributed by atoms with Gasteiger partial charge in [-0.15, -0.1) is 0 Å². The molecule has 4 heteroatoms. The molecule has 1 N–H and O–H groups in total. The summed E-state index contributed by atoms with van der Waals surface area (Å²) in [7, 11) is 0. The summed E-state index contributed by atoms with van der Waals surface area (Å²) < 4.78 is 5.23. The largest absolute Gasteiger partial charge is 0.461 e. The van der Waals surface area contributed by atoms with Crippen molar-refractivity contribution in [2.45, 2.75) is 33.8 Å². The summed E-state index contributed by atoms with van der Waals surface area (Å²) in [6.07, 6.45) is 0.211. The highest BCUT2D eigenvalue weighted by atomic mass is 32.1. The number of benzene rings is 1. The van der Waals surface area contributed by atoms with Crippen molar-refractivity contribution in [1.29, 1.82) is 0 Å². The Hall–Kier alpha value is -1.68. The van der Waals surface area contributed by atoms with E-state index in [2.05, 4.69) is 5.32 Å². The maximum absolute atomic E-state index is 11.8. The summed E-state index contributed by atoms with van der Waals surface area (Å²) in [5, 5.41) is 3.02. The zero-order valence-corrected chi connectivity index (χ0v) is 12.3. The number of hydrogen-bond acceptors (Lipinski definition) is 3. The summed E-state index contributed by atoms with van der Waals surface area (Å²) in [5.41, 5.74) is 2.82. The molecule has 102 valence electrons. The molecular weight excluding hydrogens is 258 g/mol. The summed E-state index contributed by atoms with van der Waals surface area (Å²) in [5.74, 6) is -0.260. The molecule has 0 atom stereocenters. The van der Waals surface area contributed by atoms with E-state index in [1.165, 1.54) is 0 Å². The van der Waals surface area contributed by atoms with E-state index in [0.29, 0.717) is 11.6 Å². The Kier molecular flexibility index (Phi) is 6.22. The highest BCUT2D eigenvalue weighted by molar-refractivity contribution is 7.80. The molecule has 0 aliphatic rings. The number of carbonyl (C=O) groups is 1. The smallest absolute Gasteiger partial charge is 0.312 e. The molecule has 0 spiro atoms. The predicted molar refractivity (Wildman–Crippen MR) is 80.6 cm³/mol. The highest BCUT2D eigenvalue weighted by Crippen LogP contribution is 2.08. The van der Waals surface area contributed by atoms with Crippen LogP contribution in [-0.4, -0.2) is 11.0 Å². The molecule has 0 radical (unpaired) electrons. The summed E-state index contributed by atoms with van der Waals surface area (Å²) in [6.45, 7) is 5.95. The first-order valence-electron chi connectivity index (χ1n) is 6.12. The molecule has 3 nitrogen and oxygen atoms in total. The average Bonchev–Trinajstić information content (AvgIpc) is 2.36. The minimum Gasteiger partial charge on any atom is -0.461 e. The van der Waals surface area contributed by atoms with Gasteiger partial charge in [0, 0.05) is 5.70 Å². The lowest BCUT2D eigenvalue weighted by Crippen LogP contribution is -2.21. The van der Waals surface area contributed by atoms with E-state index in [-0.39, 0.29) is 12.4 Å². The van der Waals surface area contributed by atoms with Gasteiger partial charge >= 0.3 is 5.97 Å². The Balaban J connectivity index is 2.50. The van der Waals surface area contributed by atoms with Crippen molar-refractivity contribution in [2.75, 3.05) is 0 Å². The molecule has 0 bridgehead atoms. The minimum atomic E-state index is -0.260. The van der Waals surface area contributed by atoms with Crippen molar-refractivity contribution in [2.24, 2.45) is 0 Å². The van der Waals surface area contributed by atoms with Crippen molar-refractivity contribution in [1.82, 2.24) is 5.32 Å². The number of allylic oxidation sites excluding steroid dienone is 1. The van der Waals surface area contributed by atoms with Gasteiger partial charge in [0.1, 0.15) is 6.61 Å². The Morgan fingerprint density at radius 1 is 1.21 bits per heavy atom. The third kappa shape index (κ3) is 6.15. The third-order valence-corrected chi connectivity index (χ3v) is 2.60. The van der Waals surface area contributed by atoms with Crippen LogP contribution in [0.5, 0.6) is 0 Å². The molecule has 1 rings (SSSR count). The number of rotatable bonds is 5. The first-order chi connectivity index (χ1) is 8.99. The van der Waals surface area contributed by atoms with Crippen LogP contribution in [0.15, 0.2) is 41.6 Å². The third-order valence-electron chi connectivity index (χ3n) is 2.49. The van der Waals surface area contributed by atoms with Crippen molar-refractivity contribution in [3.8, 4) is 0 Å². The quantitative estimate of drug-likeness (QED) is 0.661. The number of thiocarbonyl (C=S) groups is 1. The molecule has 0 fully saturated rings. The van der Waals surface area contributed by atoms with Crippen LogP contribution in [0.2, 0.25) is 0 Å². The molecule has 0 aliphatic carbocycles. The van der Waals surface area contributed by atoms with Crippen LogP contribution in [0.1, 0.15) is 32.8 Å². The van der Waals surface area contributed by atoms with E-state index < -0.39 is 0 Å². The molecule has 0 saturated heterocycles. The molecule has 0 aromatic heterocycles. The van der Waals surface area contributed by atoms with Gasteiger partial charge in [0.25, 0.3) is 0 Å². The van der Waals surface area contributed by atoms with E-state index in [4.69, 9.17) is 17.0 Å². The number of hydrogen-bond donors (Lipinski definition) is 1. The zero-order valence-electron chi connectivity index (χ0n) is 11.5. The molecule has 19 heavy (non-hydrogen) atoms. The standard InChI is InChI=1S/C15H19NO2S/c1-11(2)14(16-12(3)19)9-15(17)18-10-13-7-5-4-6-8-13/h4-8H,9-10H2,1-3H3,(H,16,19). The second kappa shape index (κ2) is 7.69. The highest BCUT2D eigenvalue weighted by Gasteiger charge is 2.09. The number of ether oxygens (including phenoxy) is 1. The van der Waals surface area contributed by atoms with Crippen LogP contribution in [0.3, 0.4) is 0 Å². The van der Waals surface area contributed by atoms with Crippen LogP contribution in [0.4, 0.5) is 0 Å². The molecule has 0 unspecified atom stereocenters. The van der Waals surface area contributed by atoms with Crippen molar-refractivity contribution < 1.29 is 9.53 Å². The molecule has 1 aromatic carbocycles. The summed E-state index contributed by atoms with van der Waals surface area (Å²) >= 11 is 4.99. The fourth-order valence-electron chi connectivity index (χ4n) is 1.49. The molecule has 0 aliphatic heterocycles. The van der Waals surface area contributed by atoms with Crippen molar-refractivity contribution >= 4 is 23.2 Å². The molecule has 0 heterocycles. The lowest BCUT2D eigenvalue weighted by Gasteiger charge is -2.12. The predicted octanol–water partition coefficient (Wildman–Crippen LogP) is 3.35. The topological polar surface area (TPSA) is 38.3 Å². The van der Waals surface area contributed by atoms with Gasteiger partial charge < -0.3 is 10.1 Å². The maximum Gasteiger partial charge on any atom is 0.312 e. The number of esters is 1. The van der Waals surface area contributed by atoms with E-state index in [0.717, 1.165) is 16.8 Å². The van der Waals surface area contributed by atoms with Crippen LogP contribution in [0.25, 0.3) is 0 Å². The number of carbonyl (C=O) groups excluding carboxylic acids is 1. The molecular formula is C15H19NO2S. The Morgan fingerprint density at radius 2 is 1.84 bits per heavy atom. The van der Waals surface area contributed by atoms with Gasteiger partial charge in [0.05, 0.1) is 11.4 Å². The fourth-order valence-corrected chi connectivity index (χ4v) is 1.62. The second-order valence-electron chi connectivity index (χ2n) is 4.48. The van der Waals surface area contributed by atoms with Gasteiger partial charge in [-0.25, -0.2) is 0 Å². The molecule has 0 saturated carbocycles. The monoisotopic (exact) mass is 277 g/mol. The van der Waals surface area contributed by atoms with E-state index in [9.17, 15) is 4.79 Å². The Labute approximate surface area is 119 Å². The van der Waals surface area contributed by atoms with Gasteiger partial charge in [0.2, 0.25) is 0 Å². The fraction of sp³-hybridized carbons (Fsp3) is 0.333. The van der Waals surface area contributed by atoms with E-state index >= 15 is 0 Å². The van der Waals surface area contributed by atoms with Crippen LogP contribution in [0, 0.1) is 0 Å². The Bertz CT molecular complexity index is 476. The zero-order chi connectivity index (χ0) is 14.3. The summed E-state index contributed by atoms with van der Waals surface area (Å²) in [4.78, 5) is 12.4. The van der Waals surface area contributed by atoms with Crippen LogP contribution < -0.4 is 5.32 Å². The van der Waals surface area contributed by atoms with Crippen LogP contribution in [-0.2, 0) is 16.1 Å².